The Hall–Kier alpha value is -2.56. The molecule has 160 valence electrons. The number of hydrogen-bond donors (Lipinski definition) is 2. The molecule has 1 amide bonds. The molecule has 1 saturated heterocycles. The summed E-state index contributed by atoms with van der Waals surface area (Å²) in [6.45, 7) is -2.44. The average Bonchev–Trinajstić information content (AvgIpc) is 3.07. The molecule has 0 unspecified atom stereocenters. The second-order valence-electron chi connectivity index (χ2n) is 6.48. The van der Waals surface area contributed by atoms with Crippen molar-refractivity contribution in [3.8, 4) is 17.2 Å². The van der Waals surface area contributed by atoms with Crippen LogP contribution in [-0.2, 0) is 4.74 Å². The van der Waals surface area contributed by atoms with Gasteiger partial charge in [0.25, 0.3) is 17.3 Å². The summed E-state index contributed by atoms with van der Waals surface area (Å²) < 4.78 is 47.2. The van der Waals surface area contributed by atoms with Crippen LogP contribution in [0.5, 0.6) is 17.2 Å². The fourth-order valence-electron chi connectivity index (χ4n) is 3.17. The van der Waals surface area contributed by atoms with Crippen LogP contribution in [0.15, 0.2) is 23.1 Å². The summed E-state index contributed by atoms with van der Waals surface area (Å²) >= 11 is 11.9. The van der Waals surface area contributed by atoms with Crippen molar-refractivity contribution >= 4 is 34.8 Å². The maximum atomic E-state index is 12.9. The summed E-state index contributed by atoms with van der Waals surface area (Å²) in [5.41, 5.74) is -0.793. The Morgan fingerprint density at radius 1 is 1.20 bits per heavy atom. The molecule has 0 atom stereocenters. The second-order valence-corrected chi connectivity index (χ2v) is 7.27. The number of benzene rings is 1. The predicted octanol–water partition coefficient (Wildman–Crippen LogP) is 3.81. The highest BCUT2D eigenvalue weighted by Gasteiger charge is 2.46. The minimum Gasteiger partial charge on any atom is -0.447 e. The first-order valence-corrected chi connectivity index (χ1v) is 9.51. The van der Waals surface area contributed by atoms with Crippen LogP contribution in [0.3, 0.4) is 0 Å². The van der Waals surface area contributed by atoms with E-state index >= 15 is 0 Å². The zero-order chi connectivity index (χ0) is 21.5. The van der Waals surface area contributed by atoms with Crippen molar-refractivity contribution in [3.63, 3.8) is 0 Å². The Bertz CT molecular complexity index is 1060. The monoisotopic (exact) mass is 462 g/mol. The molecule has 1 fully saturated rings. The zero-order valence-electron chi connectivity index (χ0n) is 15.1. The summed E-state index contributed by atoms with van der Waals surface area (Å²) in [6.07, 6.45) is 1.82. The molecule has 0 saturated carbocycles. The van der Waals surface area contributed by atoms with Crippen molar-refractivity contribution in [2.24, 2.45) is 0 Å². The van der Waals surface area contributed by atoms with Gasteiger partial charge in [-0.25, -0.2) is 0 Å². The van der Waals surface area contributed by atoms with E-state index in [4.69, 9.17) is 37.4 Å². The number of H-pyrrole nitrogens is 1. The molecule has 2 aromatic rings. The standard InChI is InChI=1S/C18H14Cl2F2N2O6/c19-9-7-23-16(26)11(20)12(9)24-15(25)8-1-2-10(28-17(21)22)14-13(8)29-18(30-14)3-5-27-6-4-18/h1-2,7,17H,3-6H2,(H2,23,24,25,26). The minimum absolute atomic E-state index is 0.000294. The third-order valence-corrected chi connectivity index (χ3v) is 5.25. The molecule has 8 nitrogen and oxygen atoms in total. The molecule has 1 spiro atoms. The topological polar surface area (TPSA) is 98.9 Å². The first-order valence-electron chi connectivity index (χ1n) is 8.75. The number of carbonyl (C=O) groups is 1. The quantitative estimate of drug-likeness (QED) is 0.716. The SMILES string of the molecule is O=C(Nc1c(Cl)c[nH]c(=O)c1Cl)c1ccc(OC(F)F)c2c1OC1(CCOCC1)O2. The first-order chi connectivity index (χ1) is 14.3. The van der Waals surface area contributed by atoms with Crippen LogP contribution in [-0.4, -0.2) is 36.5 Å². The second kappa shape index (κ2) is 7.93. The molecular formula is C18H14Cl2F2N2O6. The van der Waals surface area contributed by atoms with E-state index in [1.807, 2.05) is 0 Å². The number of amides is 1. The van der Waals surface area contributed by atoms with Crippen LogP contribution < -0.4 is 25.1 Å². The van der Waals surface area contributed by atoms with Crippen LogP contribution >= 0.6 is 23.2 Å². The number of pyridine rings is 1. The van der Waals surface area contributed by atoms with E-state index in [2.05, 4.69) is 15.0 Å². The number of ether oxygens (including phenoxy) is 4. The summed E-state index contributed by atoms with van der Waals surface area (Å²) in [5.74, 6) is -2.35. The van der Waals surface area contributed by atoms with Gasteiger partial charge in [0.2, 0.25) is 5.75 Å². The molecule has 2 aliphatic rings. The van der Waals surface area contributed by atoms with E-state index in [0.717, 1.165) is 0 Å². The van der Waals surface area contributed by atoms with Crippen LogP contribution in [0.4, 0.5) is 14.5 Å². The van der Waals surface area contributed by atoms with Gasteiger partial charge in [0.15, 0.2) is 11.5 Å². The molecule has 0 radical (unpaired) electrons. The lowest BCUT2D eigenvalue weighted by atomic mass is 10.1. The Morgan fingerprint density at radius 3 is 2.60 bits per heavy atom. The maximum absolute atomic E-state index is 12.9. The lowest BCUT2D eigenvalue weighted by molar-refractivity contribution is -0.145. The molecule has 2 aliphatic heterocycles. The predicted molar refractivity (Wildman–Crippen MR) is 102 cm³/mol. The van der Waals surface area contributed by atoms with Gasteiger partial charge in [-0.2, -0.15) is 8.78 Å². The smallest absolute Gasteiger partial charge is 0.387 e. The Balaban J connectivity index is 1.72. The van der Waals surface area contributed by atoms with Crippen LogP contribution in [0.1, 0.15) is 23.2 Å². The highest BCUT2D eigenvalue weighted by Crippen LogP contribution is 2.51. The summed E-state index contributed by atoms with van der Waals surface area (Å²) in [5, 5.41) is 2.13. The van der Waals surface area contributed by atoms with Crippen LogP contribution in [0, 0.1) is 0 Å². The van der Waals surface area contributed by atoms with E-state index in [1.54, 1.807) is 0 Å². The number of aromatic amines is 1. The normalized spacial score (nSPS) is 16.7. The van der Waals surface area contributed by atoms with E-state index in [1.165, 1.54) is 18.3 Å². The van der Waals surface area contributed by atoms with Gasteiger partial charge in [-0.3, -0.25) is 9.59 Å². The number of anilines is 1. The van der Waals surface area contributed by atoms with Crippen molar-refractivity contribution in [2.45, 2.75) is 25.2 Å². The Labute approximate surface area is 178 Å². The Morgan fingerprint density at radius 2 is 1.90 bits per heavy atom. The van der Waals surface area contributed by atoms with Crippen molar-refractivity contribution in [1.29, 1.82) is 0 Å². The van der Waals surface area contributed by atoms with Gasteiger partial charge in [0, 0.05) is 19.0 Å². The van der Waals surface area contributed by atoms with Gasteiger partial charge < -0.3 is 29.2 Å². The molecule has 30 heavy (non-hydrogen) atoms. The van der Waals surface area contributed by atoms with Crippen LogP contribution in [0.25, 0.3) is 0 Å². The van der Waals surface area contributed by atoms with Crippen molar-refractivity contribution in [3.05, 3.63) is 44.3 Å². The zero-order valence-corrected chi connectivity index (χ0v) is 16.6. The van der Waals surface area contributed by atoms with Gasteiger partial charge in [-0.1, -0.05) is 23.2 Å². The lowest BCUT2D eigenvalue weighted by Crippen LogP contribution is -2.44. The van der Waals surface area contributed by atoms with Gasteiger partial charge in [-0.05, 0) is 12.1 Å². The molecule has 1 aromatic heterocycles. The van der Waals surface area contributed by atoms with Gasteiger partial charge in [-0.15, -0.1) is 0 Å². The molecule has 4 rings (SSSR count). The van der Waals surface area contributed by atoms with Crippen LogP contribution in [0.2, 0.25) is 10.0 Å². The molecular weight excluding hydrogens is 449 g/mol. The van der Waals surface area contributed by atoms with Crippen molar-refractivity contribution < 1.29 is 32.5 Å². The molecule has 0 aliphatic carbocycles. The number of rotatable bonds is 4. The van der Waals surface area contributed by atoms with E-state index in [0.29, 0.717) is 26.1 Å². The highest BCUT2D eigenvalue weighted by atomic mass is 35.5. The fourth-order valence-corrected chi connectivity index (χ4v) is 3.62. The number of aromatic nitrogens is 1. The third kappa shape index (κ3) is 3.78. The minimum atomic E-state index is -3.10. The lowest BCUT2D eigenvalue weighted by Gasteiger charge is -2.31. The van der Waals surface area contributed by atoms with Gasteiger partial charge in [0.05, 0.1) is 29.5 Å². The summed E-state index contributed by atoms with van der Waals surface area (Å²) in [7, 11) is 0. The number of carbonyl (C=O) groups excluding carboxylic acids is 1. The number of alkyl halides is 2. The van der Waals surface area contributed by atoms with E-state index < -0.39 is 23.9 Å². The van der Waals surface area contributed by atoms with Gasteiger partial charge in [0.1, 0.15) is 5.02 Å². The highest BCUT2D eigenvalue weighted by molar-refractivity contribution is 6.39. The maximum Gasteiger partial charge on any atom is 0.387 e. The van der Waals surface area contributed by atoms with E-state index in [-0.39, 0.29) is 38.5 Å². The summed E-state index contributed by atoms with van der Waals surface area (Å²) in [6, 6.07) is 2.41. The number of hydrogen-bond acceptors (Lipinski definition) is 6. The Kier molecular flexibility index (Phi) is 5.48. The summed E-state index contributed by atoms with van der Waals surface area (Å²) in [4.78, 5) is 26.9. The molecule has 1 aromatic carbocycles. The number of fused-ring (bicyclic) bond motifs is 1. The number of nitrogens with one attached hydrogen (secondary N) is 2. The fraction of sp³-hybridized carbons (Fsp3) is 0.333. The van der Waals surface area contributed by atoms with Gasteiger partial charge >= 0.3 is 6.61 Å². The molecule has 12 heteroatoms. The van der Waals surface area contributed by atoms with Crippen molar-refractivity contribution in [2.75, 3.05) is 18.5 Å². The molecule has 0 bridgehead atoms. The largest absolute Gasteiger partial charge is 0.447 e. The van der Waals surface area contributed by atoms with Crippen molar-refractivity contribution in [1.82, 2.24) is 4.98 Å². The first kappa shape index (κ1) is 20.7. The molecule has 3 heterocycles. The average molecular weight is 463 g/mol. The third-order valence-electron chi connectivity index (χ3n) is 4.59. The van der Waals surface area contributed by atoms with E-state index in [9.17, 15) is 18.4 Å². The number of halogens is 4. The molecule has 2 N–H and O–H groups in total.